The van der Waals surface area contributed by atoms with E-state index in [1.165, 1.54) is 101 Å². The van der Waals surface area contributed by atoms with Crippen molar-refractivity contribution in [3.63, 3.8) is 0 Å². The second kappa shape index (κ2) is 17.9. The van der Waals surface area contributed by atoms with Crippen LogP contribution in [0.4, 0.5) is 11.4 Å². The zero-order chi connectivity index (χ0) is 41.7. The van der Waals surface area contributed by atoms with Gasteiger partial charge in [-0.1, -0.05) is 182 Å². The SMILES string of the molecule is CC1=C(CCc2ccc(C3=CCCC=C3)cc2)c2c(cccc2-c2ccc(-c3cccc(N(C4=CC=C(c5ccccc5)CC4)c4cccc(-c5ccccc5)c4)c3)cc2)CC1. The van der Waals surface area contributed by atoms with Crippen molar-refractivity contribution < 1.29 is 0 Å². The molecule has 0 bridgehead atoms. The van der Waals surface area contributed by atoms with Crippen LogP contribution in [0.5, 0.6) is 0 Å². The number of fused-ring (bicyclic) bond motifs is 1. The maximum atomic E-state index is 2.47. The van der Waals surface area contributed by atoms with Gasteiger partial charge < -0.3 is 4.90 Å². The van der Waals surface area contributed by atoms with Crippen molar-refractivity contribution in [3.05, 3.63) is 245 Å². The van der Waals surface area contributed by atoms with Gasteiger partial charge >= 0.3 is 0 Å². The lowest BCUT2D eigenvalue weighted by atomic mass is 9.79. The summed E-state index contributed by atoms with van der Waals surface area (Å²) in [7, 11) is 0. The minimum atomic E-state index is 0.953. The number of anilines is 2. The minimum Gasteiger partial charge on any atom is -0.314 e. The predicted molar refractivity (Wildman–Crippen MR) is 265 cm³/mol. The van der Waals surface area contributed by atoms with E-state index in [1.54, 1.807) is 0 Å². The Bertz CT molecular complexity index is 2870. The highest BCUT2D eigenvalue weighted by Gasteiger charge is 2.22. The van der Waals surface area contributed by atoms with Crippen LogP contribution in [0, 0.1) is 0 Å². The third-order valence-corrected chi connectivity index (χ3v) is 13.1. The van der Waals surface area contributed by atoms with Crippen LogP contribution in [0.2, 0.25) is 0 Å². The zero-order valence-corrected chi connectivity index (χ0v) is 35.7. The lowest BCUT2D eigenvalue weighted by molar-refractivity contribution is 0.888. The van der Waals surface area contributed by atoms with Crippen LogP contribution in [0.15, 0.2) is 218 Å². The van der Waals surface area contributed by atoms with Crippen molar-refractivity contribution in [1.82, 2.24) is 0 Å². The Labute approximate surface area is 368 Å². The molecule has 0 N–H and O–H groups in total. The average Bonchev–Trinajstić information content (AvgIpc) is 3.35. The Kier molecular flexibility index (Phi) is 11.3. The maximum Gasteiger partial charge on any atom is 0.0464 e. The first-order valence-corrected chi connectivity index (χ1v) is 22.5. The molecule has 0 saturated carbocycles. The van der Waals surface area contributed by atoms with Gasteiger partial charge in [0.15, 0.2) is 0 Å². The molecule has 0 aliphatic heterocycles. The average molecular weight is 800 g/mol. The molecule has 0 fully saturated rings. The van der Waals surface area contributed by atoms with Crippen LogP contribution >= 0.6 is 0 Å². The Morgan fingerprint density at radius 3 is 1.76 bits per heavy atom. The summed E-state index contributed by atoms with van der Waals surface area (Å²) in [6, 6.07) is 65.2. The molecular weight excluding hydrogens is 747 g/mol. The van der Waals surface area contributed by atoms with E-state index >= 15 is 0 Å². The molecule has 0 radical (unpaired) electrons. The maximum absolute atomic E-state index is 2.47. The van der Waals surface area contributed by atoms with Crippen molar-refractivity contribution >= 4 is 28.1 Å². The summed E-state index contributed by atoms with van der Waals surface area (Å²) in [5, 5.41) is 0. The molecule has 0 amide bonds. The highest BCUT2D eigenvalue weighted by Crippen LogP contribution is 2.42. The number of benzene rings is 7. The fraction of sp³-hybridized carbons (Fsp3) is 0.148. The first-order valence-electron chi connectivity index (χ1n) is 22.5. The molecule has 0 heterocycles. The van der Waals surface area contributed by atoms with Crippen LogP contribution < -0.4 is 4.90 Å². The number of rotatable bonds is 11. The van der Waals surface area contributed by atoms with E-state index in [0.717, 1.165) is 51.4 Å². The zero-order valence-electron chi connectivity index (χ0n) is 35.7. The molecule has 0 atom stereocenters. The smallest absolute Gasteiger partial charge is 0.0464 e. The first kappa shape index (κ1) is 39.2. The van der Waals surface area contributed by atoms with Crippen molar-refractivity contribution in [1.29, 1.82) is 0 Å². The molecule has 10 rings (SSSR count). The Balaban J connectivity index is 0.942. The summed E-state index contributed by atoms with van der Waals surface area (Å²) in [6.45, 7) is 2.36. The molecule has 3 aliphatic rings. The number of nitrogens with zero attached hydrogens (tertiary/aromatic N) is 1. The van der Waals surface area contributed by atoms with Crippen LogP contribution in [0.1, 0.15) is 73.3 Å². The highest BCUT2D eigenvalue weighted by molar-refractivity contribution is 5.87. The fourth-order valence-corrected chi connectivity index (χ4v) is 9.70. The van der Waals surface area contributed by atoms with Gasteiger partial charge in [0.25, 0.3) is 0 Å². The molecule has 3 aliphatic carbocycles. The van der Waals surface area contributed by atoms with Crippen molar-refractivity contribution in [2.45, 2.75) is 58.3 Å². The Morgan fingerprint density at radius 1 is 0.468 bits per heavy atom. The molecule has 0 unspecified atom stereocenters. The number of hydrogen-bond acceptors (Lipinski definition) is 1. The van der Waals surface area contributed by atoms with Crippen LogP contribution in [0.3, 0.4) is 0 Å². The standard InChI is InChI=1S/C61H53N/c1-44-26-30-53-20-13-25-60(61(53)59(44)41-29-45-27-31-49(32-28-45)46-14-5-2-6-15-46)52-35-33-51(34-36-52)55-22-12-24-58(43-55)62(56-39-37-50(38-40-56)47-16-7-3-8-17-47)57-23-11-21-54(42-57)48-18-9-4-10-19-48/h3-5,7-25,27-28,31-37,39,42-43H,2,6,26,29-30,38,40-41H2,1H3. The quantitative estimate of drug-likeness (QED) is 0.126. The van der Waals surface area contributed by atoms with E-state index in [2.05, 4.69) is 218 Å². The molecule has 7 aromatic rings. The molecule has 1 heteroatoms. The summed E-state index contributed by atoms with van der Waals surface area (Å²) < 4.78 is 0. The van der Waals surface area contributed by atoms with E-state index < -0.39 is 0 Å². The van der Waals surface area contributed by atoms with Crippen LogP contribution in [-0.4, -0.2) is 0 Å². The summed E-state index contributed by atoms with van der Waals surface area (Å²) in [6.07, 6.45) is 20.1. The largest absolute Gasteiger partial charge is 0.314 e. The summed E-state index contributed by atoms with van der Waals surface area (Å²) in [4.78, 5) is 2.47. The highest BCUT2D eigenvalue weighted by atomic mass is 15.1. The summed E-state index contributed by atoms with van der Waals surface area (Å²) in [5.74, 6) is 0. The van der Waals surface area contributed by atoms with Crippen LogP contribution in [0.25, 0.3) is 50.1 Å². The molecule has 62 heavy (non-hydrogen) atoms. The van der Waals surface area contributed by atoms with E-state index in [4.69, 9.17) is 0 Å². The van der Waals surface area contributed by atoms with Crippen LogP contribution in [-0.2, 0) is 12.8 Å². The lowest BCUT2D eigenvalue weighted by Gasteiger charge is -2.30. The molecule has 0 saturated heterocycles. The van der Waals surface area contributed by atoms with Gasteiger partial charge in [0, 0.05) is 17.1 Å². The lowest BCUT2D eigenvalue weighted by Crippen LogP contribution is -2.18. The minimum absolute atomic E-state index is 0.953. The second-order valence-corrected chi connectivity index (χ2v) is 17.0. The van der Waals surface area contributed by atoms with E-state index in [9.17, 15) is 0 Å². The van der Waals surface area contributed by atoms with Gasteiger partial charge in [0.05, 0.1) is 0 Å². The third kappa shape index (κ3) is 8.37. The number of aryl methyl sites for hydroxylation is 2. The van der Waals surface area contributed by atoms with E-state index in [0.29, 0.717) is 0 Å². The van der Waals surface area contributed by atoms with E-state index in [1.807, 2.05) is 0 Å². The van der Waals surface area contributed by atoms with Gasteiger partial charge in [0.1, 0.15) is 0 Å². The molecule has 1 nitrogen and oxygen atoms in total. The van der Waals surface area contributed by atoms with Crippen molar-refractivity contribution in [2.24, 2.45) is 0 Å². The normalized spacial score (nSPS) is 14.8. The fourth-order valence-electron chi connectivity index (χ4n) is 9.70. The molecular formula is C61H53N. The van der Waals surface area contributed by atoms with Gasteiger partial charge in [-0.05, 0) is 167 Å². The number of allylic oxidation sites excluding steroid dienone is 10. The Morgan fingerprint density at radius 2 is 1.10 bits per heavy atom. The predicted octanol–water partition coefficient (Wildman–Crippen LogP) is 16.7. The molecule has 302 valence electrons. The topological polar surface area (TPSA) is 3.24 Å². The van der Waals surface area contributed by atoms with Gasteiger partial charge in [-0.2, -0.15) is 0 Å². The van der Waals surface area contributed by atoms with Gasteiger partial charge in [-0.25, -0.2) is 0 Å². The second-order valence-electron chi connectivity index (χ2n) is 17.0. The molecule has 0 aromatic heterocycles. The van der Waals surface area contributed by atoms with Crippen molar-refractivity contribution in [3.8, 4) is 33.4 Å². The van der Waals surface area contributed by atoms with E-state index in [-0.39, 0.29) is 0 Å². The van der Waals surface area contributed by atoms with Gasteiger partial charge in [0.2, 0.25) is 0 Å². The van der Waals surface area contributed by atoms with Gasteiger partial charge in [-0.3, -0.25) is 0 Å². The van der Waals surface area contributed by atoms with Crippen molar-refractivity contribution in [2.75, 3.05) is 4.90 Å². The first-order chi connectivity index (χ1) is 30.6. The summed E-state index contributed by atoms with van der Waals surface area (Å²) in [5.41, 5.74) is 23.9. The van der Waals surface area contributed by atoms with Gasteiger partial charge in [-0.15, -0.1) is 0 Å². The summed E-state index contributed by atoms with van der Waals surface area (Å²) >= 11 is 0. The Hall–Kier alpha value is -6.96. The molecule has 0 spiro atoms. The monoisotopic (exact) mass is 799 g/mol. The molecule has 7 aromatic carbocycles. The number of hydrogen-bond donors (Lipinski definition) is 0. The third-order valence-electron chi connectivity index (χ3n) is 13.1.